The summed E-state index contributed by atoms with van der Waals surface area (Å²) in [6.45, 7) is 3.85. The molecule has 1 unspecified atom stereocenters. The Morgan fingerprint density at radius 1 is 1.45 bits per heavy atom. The molecule has 3 atom stereocenters. The van der Waals surface area contributed by atoms with Gasteiger partial charge in [0.15, 0.2) is 5.78 Å². The zero-order valence-electron chi connectivity index (χ0n) is 11.5. The Balaban J connectivity index is 2.12. The number of carbonyl (C=O) groups is 1. The Kier molecular flexibility index (Phi) is 3.17. The van der Waals surface area contributed by atoms with Crippen LogP contribution >= 0.6 is 0 Å². The van der Waals surface area contributed by atoms with E-state index in [9.17, 15) is 15.0 Å². The number of rotatable bonds is 2. The van der Waals surface area contributed by atoms with E-state index in [2.05, 4.69) is 6.58 Å². The number of fused-ring (bicyclic) bond motifs is 3. The molecule has 3 heteroatoms. The summed E-state index contributed by atoms with van der Waals surface area (Å²) in [5.41, 5.74) is 2.05. The van der Waals surface area contributed by atoms with Crippen molar-refractivity contribution in [1.29, 1.82) is 0 Å². The third-order valence-corrected chi connectivity index (χ3v) is 5.05. The first-order chi connectivity index (χ1) is 9.56. The molecule has 2 N–H and O–H groups in total. The molecule has 0 bridgehead atoms. The molecule has 1 fully saturated rings. The Morgan fingerprint density at radius 2 is 2.25 bits per heavy atom. The normalized spacial score (nSPS) is 32.4. The van der Waals surface area contributed by atoms with Crippen LogP contribution < -0.4 is 0 Å². The monoisotopic (exact) mass is 272 g/mol. The summed E-state index contributed by atoms with van der Waals surface area (Å²) in [4.78, 5) is 12.1. The van der Waals surface area contributed by atoms with Crippen molar-refractivity contribution in [2.24, 2.45) is 5.92 Å². The van der Waals surface area contributed by atoms with Gasteiger partial charge < -0.3 is 10.2 Å². The highest BCUT2D eigenvalue weighted by molar-refractivity contribution is 5.85. The van der Waals surface area contributed by atoms with E-state index in [4.69, 9.17) is 0 Å². The molecule has 0 amide bonds. The van der Waals surface area contributed by atoms with Crippen molar-refractivity contribution >= 4 is 5.78 Å². The predicted octanol–water partition coefficient (Wildman–Crippen LogP) is 2.49. The molecule has 2 aliphatic carbocycles. The topological polar surface area (TPSA) is 57.5 Å². The number of phenols is 1. The van der Waals surface area contributed by atoms with Gasteiger partial charge in [-0.05, 0) is 54.9 Å². The molecule has 3 rings (SSSR count). The Morgan fingerprint density at radius 3 is 3.00 bits per heavy atom. The van der Waals surface area contributed by atoms with Crippen LogP contribution in [0.3, 0.4) is 0 Å². The molecule has 0 saturated heterocycles. The van der Waals surface area contributed by atoms with Gasteiger partial charge in [0.1, 0.15) is 11.9 Å². The second-order valence-corrected chi connectivity index (χ2v) is 6.12. The van der Waals surface area contributed by atoms with Gasteiger partial charge in [-0.15, -0.1) is 6.58 Å². The molecular formula is C17H20O3. The minimum Gasteiger partial charge on any atom is -0.508 e. The van der Waals surface area contributed by atoms with Gasteiger partial charge in [0.2, 0.25) is 0 Å². The summed E-state index contributed by atoms with van der Waals surface area (Å²) in [5.74, 6) is 0.521. The fourth-order valence-electron chi connectivity index (χ4n) is 4.12. The van der Waals surface area contributed by atoms with Crippen LogP contribution in [-0.2, 0) is 16.6 Å². The van der Waals surface area contributed by atoms with E-state index in [1.165, 1.54) is 0 Å². The molecule has 106 valence electrons. The van der Waals surface area contributed by atoms with Crippen molar-refractivity contribution in [3.8, 4) is 5.75 Å². The number of benzene rings is 1. The lowest BCUT2D eigenvalue weighted by Gasteiger charge is -2.49. The maximum absolute atomic E-state index is 12.1. The van der Waals surface area contributed by atoms with Gasteiger partial charge in [-0.25, -0.2) is 0 Å². The van der Waals surface area contributed by atoms with Crippen LogP contribution in [0.4, 0.5) is 0 Å². The molecule has 0 radical (unpaired) electrons. The maximum atomic E-state index is 12.1. The van der Waals surface area contributed by atoms with Crippen LogP contribution in [0.5, 0.6) is 5.75 Å². The molecule has 20 heavy (non-hydrogen) atoms. The average Bonchev–Trinajstić information content (AvgIpc) is 2.41. The second-order valence-electron chi connectivity index (χ2n) is 6.12. The van der Waals surface area contributed by atoms with E-state index < -0.39 is 6.10 Å². The van der Waals surface area contributed by atoms with E-state index in [0.29, 0.717) is 18.8 Å². The maximum Gasteiger partial charge on any atom is 0.162 e. The lowest BCUT2D eigenvalue weighted by Crippen LogP contribution is -2.49. The van der Waals surface area contributed by atoms with Gasteiger partial charge in [0, 0.05) is 11.8 Å². The number of aliphatic hydroxyl groups excluding tert-OH is 1. The van der Waals surface area contributed by atoms with Crippen molar-refractivity contribution in [3.63, 3.8) is 0 Å². The Hall–Kier alpha value is -1.61. The van der Waals surface area contributed by atoms with Gasteiger partial charge in [0.25, 0.3) is 0 Å². The van der Waals surface area contributed by atoms with E-state index in [1.807, 2.05) is 18.2 Å². The van der Waals surface area contributed by atoms with Crippen LogP contribution in [0.1, 0.15) is 36.8 Å². The first-order valence-corrected chi connectivity index (χ1v) is 7.21. The van der Waals surface area contributed by atoms with Crippen LogP contribution in [0.25, 0.3) is 0 Å². The van der Waals surface area contributed by atoms with Crippen LogP contribution in [0.15, 0.2) is 30.9 Å². The zero-order chi connectivity index (χ0) is 14.3. The fourth-order valence-corrected chi connectivity index (χ4v) is 4.12. The first-order valence-electron chi connectivity index (χ1n) is 7.21. The van der Waals surface area contributed by atoms with E-state index in [-0.39, 0.29) is 16.9 Å². The third kappa shape index (κ3) is 1.88. The molecule has 0 aromatic heterocycles. The summed E-state index contributed by atoms with van der Waals surface area (Å²) in [5, 5.41) is 19.5. The Labute approximate surface area is 118 Å². The predicted molar refractivity (Wildman–Crippen MR) is 76.7 cm³/mol. The molecule has 2 aliphatic rings. The number of Topliss-reactive ketones (excluding diaryl/α,β-unsaturated/α-hetero) is 1. The van der Waals surface area contributed by atoms with E-state index >= 15 is 0 Å². The number of aryl methyl sites for hydroxylation is 1. The molecular weight excluding hydrogens is 252 g/mol. The highest BCUT2D eigenvalue weighted by Gasteiger charge is 2.49. The number of hydrogen-bond acceptors (Lipinski definition) is 3. The summed E-state index contributed by atoms with van der Waals surface area (Å²) in [6.07, 6.45) is 4.59. The molecule has 3 nitrogen and oxygen atoms in total. The summed E-state index contributed by atoms with van der Waals surface area (Å²) < 4.78 is 0. The summed E-state index contributed by atoms with van der Waals surface area (Å²) in [7, 11) is 0. The zero-order valence-corrected chi connectivity index (χ0v) is 11.5. The van der Waals surface area contributed by atoms with Crippen LogP contribution in [-0.4, -0.2) is 22.1 Å². The van der Waals surface area contributed by atoms with Crippen molar-refractivity contribution < 1.29 is 15.0 Å². The van der Waals surface area contributed by atoms with E-state index in [1.54, 1.807) is 6.07 Å². The number of carbonyl (C=O) groups excluding carboxylic acids is 1. The van der Waals surface area contributed by atoms with Crippen LogP contribution in [0, 0.1) is 5.92 Å². The number of phenolic OH excluding ortho intramolecular Hbond substituents is 1. The molecule has 1 aromatic carbocycles. The highest BCUT2D eigenvalue weighted by atomic mass is 16.3. The number of allylic oxidation sites excluding steroid dienone is 1. The number of aromatic hydroxyl groups is 1. The van der Waals surface area contributed by atoms with E-state index in [0.717, 1.165) is 30.4 Å². The quantitative estimate of drug-likeness (QED) is 0.813. The first kappa shape index (κ1) is 13.4. The summed E-state index contributed by atoms with van der Waals surface area (Å²) in [6, 6.07) is 5.46. The largest absolute Gasteiger partial charge is 0.508 e. The lowest BCUT2D eigenvalue weighted by molar-refractivity contribution is -0.134. The average molecular weight is 272 g/mol. The number of aliphatic hydroxyl groups is 1. The van der Waals surface area contributed by atoms with Gasteiger partial charge in [-0.1, -0.05) is 12.1 Å². The number of ketones is 1. The number of hydrogen-bond donors (Lipinski definition) is 2. The lowest BCUT2D eigenvalue weighted by atomic mass is 9.55. The molecule has 1 saturated carbocycles. The van der Waals surface area contributed by atoms with Crippen LogP contribution in [0.2, 0.25) is 0 Å². The highest BCUT2D eigenvalue weighted by Crippen LogP contribution is 2.51. The molecule has 1 aromatic rings. The Bertz CT molecular complexity index is 563. The van der Waals surface area contributed by atoms with Crippen molar-refractivity contribution in [3.05, 3.63) is 42.0 Å². The third-order valence-electron chi connectivity index (χ3n) is 5.05. The van der Waals surface area contributed by atoms with Gasteiger partial charge in [-0.2, -0.15) is 0 Å². The summed E-state index contributed by atoms with van der Waals surface area (Å²) >= 11 is 0. The molecule has 0 heterocycles. The van der Waals surface area contributed by atoms with Crippen molar-refractivity contribution in [1.82, 2.24) is 0 Å². The van der Waals surface area contributed by atoms with Crippen molar-refractivity contribution in [2.45, 2.75) is 43.6 Å². The van der Waals surface area contributed by atoms with Gasteiger partial charge >= 0.3 is 0 Å². The molecule has 0 aliphatic heterocycles. The standard InChI is InChI=1S/C17H20O3/c1-2-7-17-10-16(20)15(19)9-12(17)4-3-11-8-13(18)5-6-14(11)17/h2,5-6,8,12,15,18-19H,1,3-4,7,9-10H2/t12-,15?,17-/m1/s1. The minimum atomic E-state index is -0.809. The fraction of sp³-hybridized carbons (Fsp3) is 0.471. The van der Waals surface area contributed by atoms with Gasteiger partial charge in [-0.3, -0.25) is 4.79 Å². The smallest absolute Gasteiger partial charge is 0.162 e. The SMILES string of the molecule is C=CC[C@@]12CC(=O)C(O)C[C@H]1CCc1cc(O)ccc12. The second kappa shape index (κ2) is 4.74. The minimum absolute atomic E-state index is 0.0657. The molecule has 0 spiro atoms. The van der Waals surface area contributed by atoms with Crippen molar-refractivity contribution in [2.75, 3.05) is 0 Å². The van der Waals surface area contributed by atoms with Gasteiger partial charge in [0.05, 0.1) is 0 Å².